The van der Waals surface area contributed by atoms with Gasteiger partial charge in [0, 0.05) is 30.1 Å². The van der Waals surface area contributed by atoms with Crippen molar-refractivity contribution >= 4 is 14.1 Å². The first kappa shape index (κ1) is 22.4. The van der Waals surface area contributed by atoms with Crippen LogP contribution in [-0.2, 0) is 9.22 Å². The number of fused-ring (bicyclic) bond motifs is 1. The van der Waals surface area contributed by atoms with E-state index in [0.717, 1.165) is 50.7 Å². The van der Waals surface area contributed by atoms with E-state index in [-0.39, 0.29) is 21.8 Å². The number of Topliss-reactive ketones (excluding diaryl/α,β-unsaturated/α-hetero) is 1. The van der Waals surface area contributed by atoms with E-state index in [1.807, 2.05) is 0 Å². The highest BCUT2D eigenvalue weighted by molar-refractivity contribution is 6.74. The third-order valence-corrected chi connectivity index (χ3v) is 12.6. The molecule has 0 unspecified atom stereocenters. The van der Waals surface area contributed by atoms with Gasteiger partial charge in [-0.2, -0.15) is 0 Å². The Bertz CT molecular complexity index is 773. The average molecular weight is 413 g/mol. The summed E-state index contributed by atoms with van der Waals surface area (Å²) >= 11 is 0. The van der Waals surface area contributed by atoms with Gasteiger partial charge in [-0.1, -0.05) is 46.6 Å². The molecule has 2 saturated carbocycles. The molecule has 3 aliphatic carbocycles. The van der Waals surface area contributed by atoms with Gasteiger partial charge < -0.3 is 4.43 Å². The second kappa shape index (κ2) is 7.77. The molecule has 0 spiro atoms. The van der Waals surface area contributed by atoms with Crippen molar-refractivity contribution in [2.45, 2.75) is 97.7 Å². The Hall–Kier alpha value is -1.27. The molecule has 0 aromatic rings. The van der Waals surface area contributed by atoms with Crippen LogP contribution >= 0.6 is 0 Å². The summed E-state index contributed by atoms with van der Waals surface area (Å²) in [4.78, 5) is 12.3. The molecule has 29 heavy (non-hydrogen) atoms. The van der Waals surface area contributed by atoms with Crippen molar-refractivity contribution < 1.29 is 9.22 Å². The highest BCUT2D eigenvalue weighted by Gasteiger charge is 2.50. The third kappa shape index (κ3) is 4.58. The van der Waals surface area contributed by atoms with E-state index >= 15 is 0 Å². The maximum atomic E-state index is 12.3. The molecule has 3 heteroatoms. The molecule has 0 aliphatic heterocycles. The fraction of sp³-hybridized carbons (Fsp3) is 0.731. The zero-order valence-electron chi connectivity index (χ0n) is 19.7. The lowest BCUT2D eigenvalue weighted by atomic mass is 9.65. The van der Waals surface area contributed by atoms with Gasteiger partial charge in [-0.15, -0.1) is 5.92 Å². The summed E-state index contributed by atoms with van der Waals surface area (Å²) in [6, 6.07) is 0. The molecule has 0 saturated heterocycles. The molecular weight excluding hydrogens is 372 g/mol. The fourth-order valence-corrected chi connectivity index (χ4v) is 6.00. The lowest BCUT2D eigenvalue weighted by molar-refractivity contribution is -0.129. The first-order valence-electron chi connectivity index (χ1n) is 11.5. The lowest BCUT2D eigenvalue weighted by Gasteiger charge is -2.38. The van der Waals surface area contributed by atoms with Gasteiger partial charge >= 0.3 is 0 Å². The highest BCUT2D eigenvalue weighted by Crippen LogP contribution is 2.54. The van der Waals surface area contributed by atoms with E-state index in [1.165, 1.54) is 0 Å². The Morgan fingerprint density at radius 2 is 1.97 bits per heavy atom. The van der Waals surface area contributed by atoms with Crippen molar-refractivity contribution in [3.8, 4) is 11.8 Å². The van der Waals surface area contributed by atoms with E-state index in [0.29, 0.717) is 11.7 Å². The van der Waals surface area contributed by atoms with Crippen molar-refractivity contribution in [2.24, 2.45) is 22.7 Å². The van der Waals surface area contributed by atoms with Crippen LogP contribution in [0.1, 0.15) is 79.6 Å². The average Bonchev–Trinajstić information content (AvgIpc) is 2.94. The monoisotopic (exact) mass is 412 g/mol. The van der Waals surface area contributed by atoms with Crippen molar-refractivity contribution in [1.29, 1.82) is 0 Å². The van der Waals surface area contributed by atoms with Gasteiger partial charge in [-0.05, 0) is 67.8 Å². The maximum absolute atomic E-state index is 12.3. The third-order valence-electron chi connectivity index (χ3n) is 8.23. The quantitative estimate of drug-likeness (QED) is 0.367. The molecule has 2 fully saturated rings. The van der Waals surface area contributed by atoms with Crippen LogP contribution in [0.2, 0.25) is 18.1 Å². The normalized spacial score (nSPS) is 34.9. The molecular formula is C26H40O2Si. The van der Waals surface area contributed by atoms with Gasteiger partial charge in [0.25, 0.3) is 0 Å². The molecule has 4 atom stereocenters. The first-order chi connectivity index (χ1) is 13.4. The molecule has 0 amide bonds. The minimum absolute atomic E-state index is 0.0780. The predicted molar refractivity (Wildman–Crippen MR) is 124 cm³/mol. The number of hydrogen-bond acceptors (Lipinski definition) is 2. The Balaban J connectivity index is 1.60. The minimum Gasteiger partial charge on any atom is -0.544 e. The topological polar surface area (TPSA) is 26.3 Å². The molecule has 2 nitrogen and oxygen atoms in total. The van der Waals surface area contributed by atoms with Gasteiger partial charge in [-0.25, -0.2) is 0 Å². The Morgan fingerprint density at radius 1 is 1.24 bits per heavy atom. The number of hydrogen-bond donors (Lipinski definition) is 0. The van der Waals surface area contributed by atoms with Crippen LogP contribution in [0.15, 0.2) is 24.0 Å². The van der Waals surface area contributed by atoms with Crippen LogP contribution in [0.5, 0.6) is 0 Å². The fourth-order valence-electron chi connectivity index (χ4n) is 4.95. The molecule has 0 radical (unpaired) electrons. The van der Waals surface area contributed by atoms with E-state index in [4.69, 9.17) is 4.43 Å². The second-order valence-electron chi connectivity index (χ2n) is 11.7. The summed E-state index contributed by atoms with van der Waals surface area (Å²) in [5, 5.41) is 0.212. The summed E-state index contributed by atoms with van der Waals surface area (Å²) < 4.78 is 6.45. The lowest BCUT2D eigenvalue weighted by Crippen LogP contribution is -2.40. The van der Waals surface area contributed by atoms with Crippen molar-refractivity contribution in [1.82, 2.24) is 0 Å². The van der Waals surface area contributed by atoms with Crippen molar-refractivity contribution in [3.63, 3.8) is 0 Å². The van der Waals surface area contributed by atoms with Crippen LogP contribution in [0, 0.1) is 34.5 Å². The summed E-state index contributed by atoms with van der Waals surface area (Å²) in [6.07, 6.45) is 13.7. The molecule has 3 aliphatic rings. The molecule has 3 rings (SSSR count). The van der Waals surface area contributed by atoms with Crippen LogP contribution in [0.3, 0.4) is 0 Å². The molecule has 0 bridgehead atoms. The summed E-state index contributed by atoms with van der Waals surface area (Å²) in [5.41, 5.74) is 0.199. The zero-order valence-corrected chi connectivity index (χ0v) is 20.7. The van der Waals surface area contributed by atoms with Crippen molar-refractivity contribution in [2.75, 3.05) is 0 Å². The molecule has 0 aromatic carbocycles. The van der Waals surface area contributed by atoms with Gasteiger partial charge in [-0.3, -0.25) is 4.79 Å². The van der Waals surface area contributed by atoms with E-state index < -0.39 is 8.32 Å². The molecule has 0 N–H and O–H groups in total. The SMILES string of the molecule is CC(C)(C)[Si](C)(C)OC1=CC[C@@](C)(CC#C[C@@H]2CC[C@H]3C(=O)CCC[C@]23C)C=C1. The van der Waals surface area contributed by atoms with Crippen molar-refractivity contribution in [3.05, 3.63) is 24.0 Å². The van der Waals surface area contributed by atoms with Crippen LogP contribution in [0.4, 0.5) is 0 Å². The number of rotatable bonds is 3. The van der Waals surface area contributed by atoms with Crippen LogP contribution in [-0.4, -0.2) is 14.1 Å². The second-order valence-corrected chi connectivity index (χ2v) is 16.4. The Kier molecular flexibility index (Phi) is 6.00. The van der Waals surface area contributed by atoms with Crippen LogP contribution < -0.4 is 0 Å². The number of ketones is 1. The van der Waals surface area contributed by atoms with E-state index in [2.05, 4.69) is 77.8 Å². The van der Waals surface area contributed by atoms with Gasteiger partial charge in [0.05, 0.1) is 5.76 Å². The number of allylic oxidation sites excluding steroid dienone is 3. The van der Waals surface area contributed by atoms with E-state index in [1.54, 1.807) is 0 Å². The standard InChI is InChI=1S/C26H40O2Si/c1-24(2,3)29(6,7)28-21-14-18-25(4,19-15-21)16-8-10-20-12-13-22-23(27)11-9-17-26(20,22)5/h14-15,18,20,22H,9,11-13,16-17,19H2,1-7H3/t20-,22+,25+,26-/m1/s1. The number of carbonyl (C=O) groups is 1. The summed E-state index contributed by atoms with van der Waals surface area (Å²) in [5.74, 6) is 9.31. The highest BCUT2D eigenvalue weighted by atomic mass is 28.4. The Morgan fingerprint density at radius 3 is 2.59 bits per heavy atom. The molecule has 160 valence electrons. The molecule has 0 heterocycles. The maximum Gasteiger partial charge on any atom is 0.250 e. The summed E-state index contributed by atoms with van der Waals surface area (Å²) in [6.45, 7) is 16.0. The van der Waals surface area contributed by atoms with Crippen LogP contribution in [0.25, 0.3) is 0 Å². The van der Waals surface area contributed by atoms with E-state index in [9.17, 15) is 4.79 Å². The van der Waals surface area contributed by atoms with Gasteiger partial charge in [0.2, 0.25) is 8.32 Å². The molecule has 0 aromatic heterocycles. The van der Waals surface area contributed by atoms with Gasteiger partial charge in [0.1, 0.15) is 5.78 Å². The zero-order chi connectivity index (χ0) is 21.5. The smallest absolute Gasteiger partial charge is 0.250 e. The number of carbonyl (C=O) groups excluding carboxylic acids is 1. The largest absolute Gasteiger partial charge is 0.544 e. The minimum atomic E-state index is -1.79. The predicted octanol–water partition coefficient (Wildman–Crippen LogP) is 7.04. The summed E-state index contributed by atoms with van der Waals surface area (Å²) in [7, 11) is -1.79. The Labute approximate surface area is 179 Å². The first-order valence-corrected chi connectivity index (χ1v) is 14.4. The van der Waals surface area contributed by atoms with Gasteiger partial charge in [0.15, 0.2) is 0 Å².